The van der Waals surface area contributed by atoms with E-state index in [0.29, 0.717) is 5.69 Å². The molecule has 2 rings (SSSR count). The Labute approximate surface area is 109 Å². The van der Waals surface area contributed by atoms with Gasteiger partial charge in [-0.1, -0.05) is 0 Å². The van der Waals surface area contributed by atoms with Crippen LogP contribution in [0.2, 0.25) is 0 Å². The minimum atomic E-state index is -0.445. The molecule has 0 radical (unpaired) electrons. The third-order valence-electron chi connectivity index (χ3n) is 2.58. The predicted molar refractivity (Wildman–Crippen MR) is 67.9 cm³/mol. The van der Waals surface area contributed by atoms with E-state index >= 15 is 0 Å². The molecule has 0 spiro atoms. The van der Waals surface area contributed by atoms with Gasteiger partial charge in [0, 0.05) is 31.5 Å². The van der Waals surface area contributed by atoms with Crippen LogP contribution in [0.1, 0.15) is 16.2 Å². The molecule has 1 N–H and O–H groups in total. The molecule has 0 unspecified atom stereocenters. The Hall–Kier alpha value is -1.44. The topological polar surface area (TPSA) is 64.9 Å². The van der Waals surface area contributed by atoms with Gasteiger partial charge in [0.2, 0.25) is 0 Å². The second-order valence-electron chi connectivity index (χ2n) is 3.77. The van der Waals surface area contributed by atoms with Gasteiger partial charge in [0.25, 0.3) is 5.91 Å². The zero-order valence-electron chi connectivity index (χ0n) is 10.5. The van der Waals surface area contributed by atoms with Crippen LogP contribution in [0.4, 0.5) is 0 Å². The molecule has 7 heteroatoms. The summed E-state index contributed by atoms with van der Waals surface area (Å²) < 4.78 is 11.9. The molecule has 0 saturated carbocycles. The van der Waals surface area contributed by atoms with Gasteiger partial charge in [0.05, 0.1) is 6.54 Å². The zero-order chi connectivity index (χ0) is 13.1. The molecule has 0 fully saturated rings. The number of hydrogen-bond acceptors (Lipinski definition) is 5. The van der Waals surface area contributed by atoms with Crippen molar-refractivity contribution in [3.8, 4) is 0 Å². The number of fused-ring (bicyclic) bond motifs is 1. The number of imidazole rings is 1. The summed E-state index contributed by atoms with van der Waals surface area (Å²) in [6, 6.07) is 0. The van der Waals surface area contributed by atoms with E-state index in [4.69, 9.17) is 9.47 Å². The van der Waals surface area contributed by atoms with E-state index in [1.807, 2.05) is 16.7 Å². The summed E-state index contributed by atoms with van der Waals surface area (Å²) in [5.74, 6) is -0.232. The number of nitrogens with one attached hydrogen (secondary N) is 1. The average molecular weight is 269 g/mol. The van der Waals surface area contributed by atoms with Crippen LogP contribution in [-0.2, 0) is 9.47 Å². The molecule has 6 nitrogen and oxygen atoms in total. The van der Waals surface area contributed by atoms with Crippen LogP contribution in [0.15, 0.2) is 11.6 Å². The van der Waals surface area contributed by atoms with Crippen molar-refractivity contribution in [1.29, 1.82) is 0 Å². The minimum absolute atomic E-state index is 0.232. The maximum atomic E-state index is 11.9. The largest absolute Gasteiger partial charge is 0.354 e. The second-order valence-corrected chi connectivity index (χ2v) is 4.60. The van der Waals surface area contributed by atoms with E-state index in [2.05, 4.69) is 10.3 Å². The Morgan fingerprint density at radius 3 is 2.89 bits per heavy atom. The lowest BCUT2D eigenvalue weighted by Gasteiger charge is -2.13. The van der Waals surface area contributed by atoms with E-state index < -0.39 is 6.29 Å². The van der Waals surface area contributed by atoms with Crippen LogP contribution in [0.5, 0.6) is 0 Å². The highest BCUT2D eigenvalue weighted by atomic mass is 32.1. The highest BCUT2D eigenvalue weighted by molar-refractivity contribution is 7.15. The van der Waals surface area contributed by atoms with Gasteiger partial charge in [-0.15, -0.1) is 11.3 Å². The summed E-state index contributed by atoms with van der Waals surface area (Å²) in [6.45, 7) is 2.26. The Morgan fingerprint density at radius 1 is 1.56 bits per heavy atom. The third kappa shape index (κ3) is 2.53. The summed E-state index contributed by atoms with van der Waals surface area (Å²) >= 11 is 1.51. The van der Waals surface area contributed by atoms with Gasteiger partial charge in [0.15, 0.2) is 11.3 Å². The molecule has 0 aromatic carbocycles. The van der Waals surface area contributed by atoms with Gasteiger partial charge >= 0.3 is 0 Å². The van der Waals surface area contributed by atoms with Crippen molar-refractivity contribution in [2.45, 2.75) is 13.2 Å². The molecule has 0 saturated heterocycles. The smallest absolute Gasteiger partial charge is 0.271 e. The fourth-order valence-corrected chi connectivity index (χ4v) is 2.38. The summed E-state index contributed by atoms with van der Waals surface area (Å²) in [5, 5.41) is 4.71. The number of methoxy groups -OCH3 is 2. The molecule has 2 aromatic rings. The summed E-state index contributed by atoms with van der Waals surface area (Å²) in [7, 11) is 3.05. The predicted octanol–water partition coefficient (Wildman–Crippen LogP) is 1.05. The molecular formula is C11H15N3O3S. The number of amides is 1. The Kier molecular flexibility index (Phi) is 3.95. The van der Waals surface area contributed by atoms with Gasteiger partial charge in [-0.05, 0) is 6.92 Å². The summed E-state index contributed by atoms with van der Waals surface area (Å²) in [4.78, 5) is 16.9. The molecule has 0 aliphatic heterocycles. The van der Waals surface area contributed by atoms with Crippen LogP contribution in [0.25, 0.3) is 4.96 Å². The van der Waals surface area contributed by atoms with Crippen LogP contribution >= 0.6 is 11.3 Å². The second kappa shape index (κ2) is 5.47. The molecule has 0 bridgehead atoms. The highest BCUT2D eigenvalue weighted by Crippen LogP contribution is 2.15. The number of rotatable bonds is 5. The summed E-state index contributed by atoms with van der Waals surface area (Å²) in [5.41, 5.74) is 1.46. The number of carbonyl (C=O) groups excluding carboxylic acids is 1. The SMILES string of the molecule is COC(CNC(=O)c1cn2c(C)csc2n1)OC. The maximum Gasteiger partial charge on any atom is 0.271 e. The van der Waals surface area contributed by atoms with E-state index in [0.717, 1.165) is 10.7 Å². The molecule has 0 aliphatic rings. The third-order valence-corrected chi connectivity index (χ3v) is 3.53. The molecule has 98 valence electrons. The van der Waals surface area contributed by atoms with Gasteiger partial charge in [-0.25, -0.2) is 4.98 Å². The number of nitrogens with zero attached hydrogens (tertiary/aromatic N) is 2. The maximum absolute atomic E-state index is 11.9. The Bertz CT molecular complexity index is 545. The number of ether oxygens (including phenoxy) is 2. The number of aryl methyl sites for hydroxylation is 1. The lowest BCUT2D eigenvalue weighted by atomic mass is 10.4. The first kappa shape index (κ1) is 13.0. The van der Waals surface area contributed by atoms with E-state index in [1.165, 1.54) is 25.6 Å². The average Bonchev–Trinajstić information content (AvgIpc) is 2.93. The highest BCUT2D eigenvalue weighted by Gasteiger charge is 2.14. The van der Waals surface area contributed by atoms with Crippen molar-refractivity contribution in [3.05, 3.63) is 23.0 Å². The first-order valence-corrected chi connectivity index (χ1v) is 6.30. The monoisotopic (exact) mass is 269 g/mol. The van der Waals surface area contributed by atoms with Crippen molar-refractivity contribution in [2.75, 3.05) is 20.8 Å². The lowest BCUT2D eigenvalue weighted by molar-refractivity contribution is -0.0974. The molecule has 0 atom stereocenters. The van der Waals surface area contributed by atoms with Crippen LogP contribution < -0.4 is 5.32 Å². The summed E-state index contributed by atoms with van der Waals surface area (Å²) in [6.07, 6.45) is 1.28. The van der Waals surface area contributed by atoms with Crippen LogP contribution in [0.3, 0.4) is 0 Å². The van der Waals surface area contributed by atoms with Crippen molar-refractivity contribution in [3.63, 3.8) is 0 Å². The van der Waals surface area contributed by atoms with Gasteiger partial charge in [0.1, 0.15) is 5.69 Å². The lowest BCUT2D eigenvalue weighted by Crippen LogP contribution is -2.34. The zero-order valence-corrected chi connectivity index (χ0v) is 11.3. The number of thiazole rings is 1. The first-order valence-electron chi connectivity index (χ1n) is 5.42. The molecule has 2 heterocycles. The minimum Gasteiger partial charge on any atom is -0.354 e. The first-order chi connectivity index (χ1) is 8.65. The van der Waals surface area contributed by atoms with Crippen molar-refractivity contribution in [1.82, 2.24) is 14.7 Å². The van der Waals surface area contributed by atoms with Crippen LogP contribution in [-0.4, -0.2) is 42.3 Å². The van der Waals surface area contributed by atoms with Gasteiger partial charge in [-0.2, -0.15) is 0 Å². The standard InChI is InChI=1S/C11H15N3O3S/c1-7-6-18-11-13-8(5-14(7)11)10(15)12-4-9(16-2)17-3/h5-6,9H,4H2,1-3H3,(H,12,15). The van der Waals surface area contributed by atoms with Crippen molar-refractivity contribution < 1.29 is 14.3 Å². The molecule has 0 aliphatic carbocycles. The fraction of sp³-hybridized carbons (Fsp3) is 0.455. The van der Waals surface area contributed by atoms with Crippen LogP contribution in [0, 0.1) is 6.92 Å². The fourth-order valence-electron chi connectivity index (χ4n) is 1.53. The quantitative estimate of drug-likeness (QED) is 0.824. The molecule has 2 aromatic heterocycles. The van der Waals surface area contributed by atoms with Gasteiger partial charge in [-0.3, -0.25) is 9.20 Å². The molecular weight excluding hydrogens is 254 g/mol. The normalized spacial score (nSPS) is 11.3. The van der Waals surface area contributed by atoms with E-state index in [9.17, 15) is 4.79 Å². The number of aromatic nitrogens is 2. The molecule has 18 heavy (non-hydrogen) atoms. The van der Waals surface area contributed by atoms with Crippen molar-refractivity contribution >= 4 is 22.2 Å². The van der Waals surface area contributed by atoms with Crippen molar-refractivity contribution in [2.24, 2.45) is 0 Å². The van der Waals surface area contributed by atoms with E-state index in [-0.39, 0.29) is 12.5 Å². The molecule has 1 amide bonds. The number of carbonyl (C=O) groups is 1. The van der Waals surface area contributed by atoms with Gasteiger partial charge < -0.3 is 14.8 Å². The Morgan fingerprint density at radius 2 is 2.28 bits per heavy atom. The Balaban J connectivity index is 2.04. The van der Waals surface area contributed by atoms with E-state index in [1.54, 1.807) is 6.20 Å². The number of hydrogen-bond donors (Lipinski definition) is 1.